The van der Waals surface area contributed by atoms with Gasteiger partial charge < -0.3 is 9.84 Å². The maximum atomic E-state index is 12.2. The zero-order chi connectivity index (χ0) is 13.2. The Kier molecular flexibility index (Phi) is 3.19. The summed E-state index contributed by atoms with van der Waals surface area (Å²) in [6.45, 7) is 0. The van der Waals surface area contributed by atoms with Crippen LogP contribution in [0, 0.1) is 0 Å². The van der Waals surface area contributed by atoms with Crippen molar-refractivity contribution in [2.75, 3.05) is 0 Å². The minimum atomic E-state index is -4.82. The van der Waals surface area contributed by atoms with E-state index in [1.54, 1.807) is 0 Å². The second kappa shape index (κ2) is 4.65. The molecule has 8 heteroatoms. The van der Waals surface area contributed by atoms with E-state index in [2.05, 4.69) is 19.9 Å². The number of aromatic nitrogens is 3. The van der Waals surface area contributed by atoms with Crippen molar-refractivity contribution in [3.05, 3.63) is 42.0 Å². The van der Waals surface area contributed by atoms with Gasteiger partial charge in [0.15, 0.2) is 5.82 Å². The van der Waals surface area contributed by atoms with Crippen molar-refractivity contribution in [3.8, 4) is 5.75 Å². The topological polar surface area (TPSA) is 71.0 Å². The number of hydrogen-bond acceptors (Lipinski definition) is 4. The average Bonchev–Trinajstić information content (AvgIpc) is 2.80. The zero-order valence-corrected chi connectivity index (χ0v) is 8.85. The van der Waals surface area contributed by atoms with Crippen molar-refractivity contribution in [1.82, 2.24) is 15.2 Å². The Bertz CT molecular complexity index is 513. The molecule has 0 amide bonds. The third kappa shape index (κ3) is 2.77. The van der Waals surface area contributed by atoms with Crippen LogP contribution in [-0.4, -0.2) is 26.7 Å². The number of nitrogens with zero attached hydrogens (tertiary/aromatic N) is 2. The van der Waals surface area contributed by atoms with E-state index >= 15 is 0 Å². The molecule has 96 valence electrons. The molecule has 0 radical (unpaired) electrons. The molecule has 2 aromatic rings. The highest BCUT2D eigenvalue weighted by atomic mass is 19.4. The first-order valence-corrected chi connectivity index (χ1v) is 4.85. The van der Waals surface area contributed by atoms with Crippen LogP contribution >= 0.6 is 0 Å². The number of para-hydroxylation sites is 1. The van der Waals surface area contributed by atoms with Gasteiger partial charge in [0.1, 0.15) is 18.2 Å². The predicted octanol–water partition coefficient (Wildman–Crippen LogP) is 1.78. The standard InChI is InChI=1S/C10H8F3N3O2/c11-10(12,13)18-7-4-2-1-3-6(7)8(17)9-14-5-15-16-9/h1-5,8,17H,(H,14,15,16). The Morgan fingerprint density at radius 3 is 2.61 bits per heavy atom. The summed E-state index contributed by atoms with van der Waals surface area (Å²) in [4.78, 5) is 3.68. The molecule has 0 spiro atoms. The average molecular weight is 259 g/mol. The van der Waals surface area contributed by atoms with Crippen LogP contribution in [0.2, 0.25) is 0 Å². The number of alkyl halides is 3. The van der Waals surface area contributed by atoms with E-state index in [0.29, 0.717) is 0 Å². The van der Waals surface area contributed by atoms with Gasteiger partial charge in [-0.25, -0.2) is 4.98 Å². The Morgan fingerprint density at radius 2 is 2.00 bits per heavy atom. The fourth-order valence-electron chi connectivity index (χ4n) is 1.42. The maximum Gasteiger partial charge on any atom is 0.573 e. The first-order chi connectivity index (χ1) is 8.47. The molecule has 18 heavy (non-hydrogen) atoms. The molecule has 0 aliphatic rings. The monoisotopic (exact) mass is 259 g/mol. The number of rotatable bonds is 3. The van der Waals surface area contributed by atoms with Gasteiger partial charge in [-0.3, -0.25) is 5.10 Å². The normalized spacial score (nSPS) is 13.3. The Labute approximate surface area is 99.2 Å². The predicted molar refractivity (Wildman–Crippen MR) is 53.6 cm³/mol. The van der Waals surface area contributed by atoms with E-state index in [9.17, 15) is 18.3 Å². The zero-order valence-electron chi connectivity index (χ0n) is 8.85. The number of nitrogens with one attached hydrogen (secondary N) is 1. The molecular formula is C10H8F3N3O2. The Balaban J connectivity index is 2.33. The highest BCUT2D eigenvalue weighted by Crippen LogP contribution is 2.31. The molecule has 1 aromatic heterocycles. The molecule has 1 heterocycles. The van der Waals surface area contributed by atoms with Crippen molar-refractivity contribution >= 4 is 0 Å². The van der Waals surface area contributed by atoms with Crippen LogP contribution in [-0.2, 0) is 0 Å². The van der Waals surface area contributed by atoms with Gasteiger partial charge in [-0.05, 0) is 6.07 Å². The van der Waals surface area contributed by atoms with Crippen LogP contribution in [0.25, 0.3) is 0 Å². The van der Waals surface area contributed by atoms with Crippen LogP contribution in [0.5, 0.6) is 5.75 Å². The van der Waals surface area contributed by atoms with E-state index in [4.69, 9.17) is 0 Å². The fraction of sp³-hybridized carbons (Fsp3) is 0.200. The van der Waals surface area contributed by atoms with Gasteiger partial charge in [-0.2, -0.15) is 5.10 Å². The second-order valence-corrected chi connectivity index (χ2v) is 3.36. The van der Waals surface area contributed by atoms with E-state index < -0.39 is 18.2 Å². The summed E-state index contributed by atoms with van der Waals surface area (Å²) in [5, 5.41) is 15.8. The molecular weight excluding hydrogens is 251 g/mol. The summed E-state index contributed by atoms with van der Waals surface area (Å²) in [5.41, 5.74) is -0.0495. The first kappa shape index (κ1) is 12.4. The van der Waals surface area contributed by atoms with Crippen LogP contribution in [0.4, 0.5) is 13.2 Å². The largest absolute Gasteiger partial charge is 0.573 e. The smallest absolute Gasteiger partial charge is 0.405 e. The molecule has 5 nitrogen and oxygen atoms in total. The molecule has 2 N–H and O–H groups in total. The summed E-state index contributed by atoms with van der Waals surface area (Å²) in [5.74, 6) is -0.442. The van der Waals surface area contributed by atoms with Crippen molar-refractivity contribution in [2.45, 2.75) is 12.5 Å². The molecule has 0 saturated carbocycles. The van der Waals surface area contributed by atoms with Crippen molar-refractivity contribution in [2.24, 2.45) is 0 Å². The van der Waals surface area contributed by atoms with Crippen LogP contribution in [0.3, 0.4) is 0 Å². The number of aliphatic hydroxyl groups is 1. The van der Waals surface area contributed by atoms with Crippen LogP contribution in [0.15, 0.2) is 30.6 Å². The summed E-state index contributed by atoms with van der Waals surface area (Å²) in [6.07, 6.45) is -5.05. The first-order valence-electron chi connectivity index (χ1n) is 4.85. The fourth-order valence-corrected chi connectivity index (χ4v) is 1.42. The number of hydrogen-bond donors (Lipinski definition) is 2. The highest BCUT2D eigenvalue weighted by Gasteiger charge is 2.33. The number of ether oxygens (including phenoxy) is 1. The minimum Gasteiger partial charge on any atom is -0.405 e. The van der Waals surface area contributed by atoms with Crippen molar-refractivity contribution in [3.63, 3.8) is 0 Å². The molecule has 0 aliphatic heterocycles. The molecule has 2 rings (SSSR count). The van der Waals surface area contributed by atoms with E-state index in [0.717, 1.165) is 12.4 Å². The minimum absolute atomic E-state index is 0.0354. The van der Waals surface area contributed by atoms with Gasteiger partial charge in [0, 0.05) is 5.56 Å². The molecule has 1 aromatic carbocycles. The van der Waals surface area contributed by atoms with E-state index in [-0.39, 0.29) is 11.4 Å². The molecule has 0 aliphatic carbocycles. The molecule has 1 atom stereocenters. The second-order valence-electron chi connectivity index (χ2n) is 3.36. The lowest BCUT2D eigenvalue weighted by Gasteiger charge is -2.15. The van der Waals surface area contributed by atoms with Gasteiger partial charge in [0.05, 0.1) is 0 Å². The van der Waals surface area contributed by atoms with Gasteiger partial charge in [0.25, 0.3) is 0 Å². The lowest BCUT2D eigenvalue weighted by atomic mass is 10.1. The van der Waals surface area contributed by atoms with Crippen molar-refractivity contribution < 1.29 is 23.0 Å². The lowest BCUT2D eigenvalue weighted by Crippen LogP contribution is -2.19. The number of halogens is 3. The summed E-state index contributed by atoms with van der Waals surface area (Å²) in [6, 6.07) is 5.28. The van der Waals surface area contributed by atoms with Gasteiger partial charge in [-0.15, -0.1) is 13.2 Å². The van der Waals surface area contributed by atoms with E-state index in [1.807, 2.05) is 0 Å². The summed E-state index contributed by atoms with van der Waals surface area (Å²) in [7, 11) is 0. The quantitative estimate of drug-likeness (QED) is 0.881. The van der Waals surface area contributed by atoms with Crippen LogP contribution < -0.4 is 4.74 Å². The number of H-pyrrole nitrogens is 1. The number of aromatic amines is 1. The molecule has 1 unspecified atom stereocenters. The van der Waals surface area contributed by atoms with Gasteiger partial charge in [0.2, 0.25) is 0 Å². The Morgan fingerprint density at radius 1 is 1.28 bits per heavy atom. The van der Waals surface area contributed by atoms with Gasteiger partial charge >= 0.3 is 6.36 Å². The molecule has 0 fully saturated rings. The third-order valence-corrected chi connectivity index (χ3v) is 2.13. The van der Waals surface area contributed by atoms with Crippen LogP contribution in [0.1, 0.15) is 17.5 Å². The summed E-state index contributed by atoms with van der Waals surface area (Å²) < 4.78 is 40.4. The lowest BCUT2D eigenvalue weighted by molar-refractivity contribution is -0.275. The summed E-state index contributed by atoms with van der Waals surface area (Å²) >= 11 is 0. The molecule has 0 saturated heterocycles. The number of aliphatic hydroxyl groups excluding tert-OH is 1. The Hall–Kier alpha value is -2.09. The SMILES string of the molecule is OC(c1ncn[nH]1)c1ccccc1OC(F)(F)F. The van der Waals surface area contributed by atoms with Crippen molar-refractivity contribution in [1.29, 1.82) is 0 Å². The molecule has 0 bridgehead atoms. The number of benzene rings is 1. The van der Waals surface area contributed by atoms with Gasteiger partial charge in [-0.1, -0.05) is 18.2 Å². The third-order valence-electron chi connectivity index (χ3n) is 2.13. The van der Waals surface area contributed by atoms with E-state index in [1.165, 1.54) is 18.2 Å². The maximum absolute atomic E-state index is 12.2. The highest BCUT2D eigenvalue weighted by molar-refractivity contribution is 5.37.